The number of benzene rings is 1. The molecule has 0 bridgehead atoms. The third-order valence-electron chi connectivity index (χ3n) is 4.65. The first-order chi connectivity index (χ1) is 14.9. The van der Waals surface area contributed by atoms with E-state index in [-0.39, 0.29) is 42.7 Å². The highest BCUT2D eigenvalue weighted by molar-refractivity contribution is 7.91. The van der Waals surface area contributed by atoms with Gasteiger partial charge in [0, 0.05) is 12.0 Å². The molecule has 2 aromatic rings. The highest BCUT2D eigenvalue weighted by Crippen LogP contribution is 2.25. The van der Waals surface area contributed by atoms with Gasteiger partial charge in [0.15, 0.2) is 0 Å². The summed E-state index contributed by atoms with van der Waals surface area (Å²) in [6, 6.07) is 1.92. The van der Waals surface area contributed by atoms with Crippen LogP contribution < -0.4 is 10.0 Å². The van der Waals surface area contributed by atoms with Crippen molar-refractivity contribution in [3.05, 3.63) is 40.7 Å². The predicted octanol–water partition coefficient (Wildman–Crippen LogP) is 2.18. The average molecular weight is 474 g/mol. The molecule has 0 aliphatic carbocycles. The molecule has 2 rings (SSSR count). The zero-order chi connectivity index (χ0) is 24.1. The fourth-order valence-corrected chi connectivity index (χ4v) is 3.59. The second-order valence-electron chi connectivity index (χ2n) is 8.15. The number of aliphatic hydroxyl groups excluding tert-OH is 2. The van der Waals surface area contributed by atoms with Crippen molar-refractivity contribution in [2.24, 2.45) is 5.92 Å². The first-order valence-electron chi connectivity index (χ1n) is 10.1. The normalized spacial score (nSPS) is 13.8. The summed E-state index contributed by atoms with van der Waals surface area (Å²) in [5, 5.41) is 21.7. The van der Waals surface area contributed by atoms with Gasteiger partial charge in [0.1, 0.15) is 17.5 Å². The number of sulfonamides is 1. The lowest BCUT2D eigenvalue weighted by molar-refractivity contribution is 0.259. The van der Waals surface area contributed by atoms with Crippen molar-refractivity contribution in [3.8, 4) is 0 Å². The Balaban J connectivity index is 2.35. The fourth-order valence-electron chi connectivity index (χ4n) is 3.17. The van der Waals surface area contributed by atoms with Crippen molar-refractivity contribution in [1.82, 2.24) is 15.0 Å². The van der Waals surface area contributed by atoms with E-state index in [2.05, 4.69) is 25.0 Å². The summed E-state index contributed by atoms with van der Waals surface area (Å²) in [5.41, 5.74) is -0.0785. The molecule has 1 aromatic carbocycles. The molecule has 0 saturated carbocycles. The van der Waals surface area contributed by atoms with Gasteiger partial charge < -0.3 is 15.5 Å². The van der Waals surface area contributed by atoms with Crippen LogP contribution in [0, 0.1) is 17.6 Å². The Morgan fingerprint density at radius 2 is 1.62 bits per heavy atom. The van der Waals surface area contributed by atoms with E-state index in [1.165, 1.54) is 0 Å². The number of anilines is 2. The Kier molecular flexibility index (Phi) is 8.81. The van der Waals surface area contributed by atoms with Gasteiger partial charge in [0.2, 0.25) is 21.9 Å². The number of hydrogen-bond acceptors (Lipinski definition) is 8. The topological polar surface area (TPSA) is 137 Å². The van der Waals surface area contributed by atoms with Gasteiger partial charge in [-0.3, -0.25) is 4.72 Å². The number of aromatic nitrogens is 3. The van der Waals surface area contributed by atoms with Crippen molar-refractivity contribution in [3.63, 3.8) is 0 Å². The summed E-state index contributed by atoms with van der Waals surface area (Å²) in [6.45, 7) is 4.75. The number of nitrogens with one attached hydrogen (secondary N) is 2. The SMILES string of the molecule is CC(C)CC(CO)Nc1nc(CC(C)c2cc(F)c(CO)c(F)c2)nc(NS(C)(=O)=O)n1. The van der Waals surface area contributed by atoms with Crippen LogP contribution in [-0.2, 0) is 23.1 Å². The van der Waals surface area contributed by atoms with Gasteiger partial charge in [-0.1, -0.05) is 20.8 Å². The van der Waals surface area contributed by atoms with E-state index >= 15 is 0 Å². The minimum Gasteiger partial charge on any atom is -0.394 e. The molecule has 0 radical (unpaired) electrons. The second kappa shape index (κ2) is 10.9. The van der Waals surface area contributed by atoms with Gasteiger partial charge in [-0.15, -0.1) is 0 Å². The molecule has 0 saturated heterocycles. The molecule has 0 aliphatic heterocycles. The maximum absolute atomic E-state index is 14.1. The molecule has 178 valence electrons. The van der Waals surface area contributed by atoms with E-state index in [1.54, 1.807) is 6.92 Å². The van der Waals surface area contributed by atoms with E-state index in [1.807, 2.05) is 13.8 Å². The van der Waals surface area contributed by atoms with Gasteiger partial charge in [0.05, 0.1) is 25.5 Å². The minimum absolute atomic E-state index is 0.0704. The van der Waals surface area contributed by atoms with Crippen LogP contribution in [0.5, 0.6) is 0 Å². The van der Waals surface area contributed by atoms with Gasteiger partial charge in [-0.25, -0.2) is 17.2 Å². The maximum Gasteiger partial charge on any atom is 0.241 e. The van der Waals surface area contributed by atoms with Crippen molar-refractivity contribution in [1.29, 1.82) is 0 Å². The van der Waals surface area contributed by atoms with Gasteiger partial charge in [0.25, 0.3) is 0 Å². The maximum atomic E-state index is 14.1. The highest BCUT2D eigenvalue weighted by Gasteiger charge is 2.19. The summed E-state index contributed by atoms with van der Waals surface area (Å²) >= 11 is 0. The molecule has 0 fully saturated rings. The van der Waals surface area contributed by atoms with Crippen molar-refractivity contribution in [2.45, 2.75) is 52.2 Å². The lowest BCUT2D eigenvalue weighted by atomic mass is 9.96. The predicted molar refractivity (Wildman–Crippen MR) is 117 cm³/mol. The number of nitrogens with zero attached hydrogens (tertiary/aromatic N) is 3. The summed E-state index contributed by atoms with van der Waals surface area (Å²) in [4.78, 5) is 12.5. The summed E-state index contributed by atoms with van der Waals surface area (Å²) in [6.07, 6.45) is 1.70. The summed E-state index contributed by atoms with van der Waals surface area (Å²) in [7, 11) is -3.67. The monoisotopic (exact) mass is 473 g/mol. The van der Waals surface area contributed by atoms with Gasteiger partial charge >= 0.3 is 0 Å². The van der Waals surface area contributed by atoms with Crippen molar-refractivity contribution < 1.29 is 27.4 Å². The van der Waals surface area contributed by atoms with E-state index in [4.69, 9.17) is 5.11 Å². The Bertz CT molecular complexity index is 1010. The third kappa shape index (κ3) is 7.61. The number of halogens is 2. The molecule has 12 heteroatoms. The number of aliphatic hydroxyl groups is 2. The van der Waals surface area contributed by atoms with E-state index < -0.39 is 39.7 Å². The molecule has 0 aliphatic rings. The zero-order valence-electron chi connectivity index (χ0n) is 18.4. The summed E-state index contributed by atoms with van der Waals surface area (Å²) < 4.78 is 53.6. The van der Waals surface area contributed by atoms with Crippen LogP contribution in [0.25, 0.3) is 0 Å². The number of hydrogen-bond donors (Lipinski definition) is 4. The third-order valence-corrected chi connectivity index (χ3v) is 5.20. The smallest absolute Gasteiger partial charge is 0.241 e. The van der Waals surface area contributed by atoms with Crippen LogP contribution in [0.3, 0.4) is 0 Å². The van der Waals surface area contributed by atoms with E-state index in [0.29, 0.717) is 12.0 Å². The van der Waals surface area contributed by atoms with Crippen LogP contribution in [-0.4, -0.2) is 52.5 Å². The lowest BCUT2D eigenvalue weighted by Gasteiger charge is -2.19. The molecule has 9 nitrogen and oxygen atoms in total. The molecular weight excluding hydrogens is 444 g/mol. The zero-order valence-corrected chi connectivity index (χ0v) is 19.2. The molecule has 2 unspecified atom stereocenters. The number of rotatable bonds is 11. The van der Waals surface area contributed by atoms with Crippen LogP contribution in [0.4, 0.5) is 20.7 Å². The molecular formula is C20H29F2N5O4S. The minimum atomic E-state index is -3.67. The van der Waals surface area contributed by atoms with Crippen LogP contribution in [0.2, 0.25) is 0 Å². The Labute approximate surface area is 186 Å². The molecule has 0 spiro atoms. The fraction of sp³-hybridized carbons (Fsp3) is 0.550. The molecule has 1 aromatic heterocycles. The van der Waals surface area contributed by atoms with Crippen LogP contribution in [0.1, 0.15) is 50.1 Å². The van der Waals surface area contributed by atoms with Crippen LogP contribution in [0.15, 0.2) is 12.1 Å². The molecule has 32 heavy (non-hydrogen) atoms. The first-order valence-corrected chi connectivity index (χ1v) is 12.0. The first kappa shape index (κ1) is 25.8. The van der Waals surface area contributed by atoms with E-state index in [0.717, 1.165) is 18.4 Å². The molecule has 0 amide bonds. The lowest BCUT2D eigenvalue weighted by Crippen LogP contribution is -2.27. The Morgan fingerprint density at radius 3 is 2.12 bits per heavy atom. The Morgan fingerprint density at radius 1 is 1.03 bits per heavy atom. The Hall–Kier alpha value is -2.44. The van der Waals surface area contributed by atoms with Crippen molar-refractivity contribution >= 4 is 21.9 Å². The largest absolute Gasteiger partial charge is 0.394 e. The van der Waals surface area contributed by atoms with Gasteiger partial charge in [-0.05, 0) is 36.0 Å². The average Bonchev–Trinajstić information content (AvgIpc) is 2.65. The molecule has 1 heterocycles. The quantitative estimate of drug-likeness (QED) is 0.390. The van der Waals surface area contributed by atoms with Crippen molar-refractivity contribution in [2.75, 3.05) is 22.9 Å². The standard InChI is InChI=1S/C20H29F2N5O4S/c1-11(2)5-14(9-28)23-19-24-18(25-20(26-19)27-32(4,30)31)6-12(3)13-7-16(21)15(10-29)17(22)8-13/h7-8,11-12,14,28-29H,5-6,9-10H2,1-4H3,(H2,23,24,25,26,27). The molecule has 4 N–H and O–H groups in total. The second-order valence-corrected chi connectivity index (χ2v) is 9.90. The van der Waals surface area contributed by atoms with Crippen LogP contribution >= 0.6 is 0 Å². The van der Waals surface area contributed by atoms with Gasteiger partial charge in [-0.2, -0.15) is 15.0 Å². The molecule has 2 atom stereocenters. The summed E-state index contributed by atoms with van der Waals surface area (Å²) in [5.74, 6) is -1.81. The van der Waals surface area contributed by atoms with E-state index in [9.17, 15) is 22.3 Å². The highest BCUT2D eigenvalue weighted by atomic mass is 32.2.